The number of nitrogens with zero attached hydrogens (tertiary/aromatic N) is 2. The number of furan rings is 1. The Hall–Kier alpha value is -1.55. The molecule has 0 amide bonds. The zero-order chi connectivity index (χ0) is 9.97. The molecule has 74 valence electrons. The van der Waals surface area contributed by atoms with Gasteiger partial charge in [-0.05, 0) is 13.0 Å². The van der Waals surface area contributed by atoms with Crippen molar-refractivity contribution in [3.63, 3.8) is 0 Å². The largest absolute Gasteiger partial charge is 0.472 e. The van der Waals surface area contributed by atoms with Crippen molar-refractivity contribution in [3.8, 4) is 0 Å². The maximum atomic E-state index is 6.04. The summed E-state index contributed by atoms with van der Waals surface area (Å²) >= 11 is 0. The van der Waals surface area contributed by atoms with Crippen LogP contribution in [0.2, 0.25) is 0 Å². The lowest BCUT2D eigenvalue weighted by Gasteiger charge is -2.10. The predicted molar refractivity (Wildman–Crippen MR) is 52.6 cm³/mol. The van der Waals surface area contributed by atoms with Gasteiger partial charge < -0.3 is 14.7 Å². The van der Waals surface area contributed by atoms with E-state index in [1.807, 2.05) is 16.8 Å². The Morgan fingerprint density at radius 2 is 2.50 bits per heavy atom. The molecule has 0 fully saturated rings. The van der Waals surface area contributed by atoms with Crippen molar-refractivity contribution in [2.75, 3.05) is 0 Å². The molecule has 4 heteroatoms. The van der Waals surface area contributed by atoms with Gasteiger partial charge in [0.05, 0.1) is 18.6 Å². The van der Waals surface area contributed by atoms with Crippen LogP contribution in [0.3, 0.4) is 0 Å². The molecular weight excluding hydrogens is 178 g/mol. The first-order valence-electron chi connectivity index (χ1n) is 4.61. The smallest absolute Gasteiger partial charge is 0.130 e. The second kappa shape index (κ2) is 3.67. The lowest BCUT2D eigenvalue weighted by Crippen LogP contribution is -2.16. The number of hydrogen-bond donors (Lipinski definition) is 1. The minimum Gasteiger partial charge on any atom is -0.472 e. The van der Waals surface area contributed by atoms with E-state index in [2.05, 4.69) is 11.9 Å². The van der Waals surface area contributed by atoms with Gasteiger partial charge in [-0.1, -0.05) is 0 Å². The van der Waals surface area contributed by atoms with Crippen LogP contribution in [0.4, 0.5) is 0 Å². The minimum absolute atomic E-state index is 0.205. The molecule has 2 N–H and O–H groups in total. The normalized spacial score (nSPS) is 13.0. The maximum absolute atomic E-state index is 6.04. The van der Waals surface area contributed by atoms with Crippen LogP contribution < -0.4 is 5.73 Å². The van der Waals surface area contributed by atoms with E-state index in [4.69, 9.17) is 10.2 Å². The molecular formula is C10H13N3O. The van der Waals surface area contributed by atoms with E-state index >= 15 is 0 Å². The number of hydrogen-bond acceptors (Lipinski definition) is 3. The topological polar surface area (TPSA) is 57.0 Å². The molecule has 0 aliphatic rings. The van der Waals surface area contributed by atoms with E-state index < -0.39 is 0 Å². The summed E-state index contributed by atoms with van der Waals surface area (Å²) in [5.41, 5.74) is 6.99. The third-order valence-corrected chi connectivity index (χ3v) is 2.27. The summed E-state index contributed by atoms with van der Waals surface area (Å²) in [5.74, 6) is 0.869. The molecule has 0 saturated carbocycles. The fourth-order valence-electron chi connectivity index (χ4n) is 1.47. The maximum Gasteiger partial charge on any atom is 0.130 e. The van der Waals surface area contributed by atoms with Crippen LogP contribution in [-0.2, 0) is 6.54 Å². The van der Waals surface area contributed by atoms with Crippen molar-refractivity contribution in [1.82, 2.24) is 9.55 Å². The van der Waals surface area contributed by atoms with Gasteiger partial charge in [0.1, 0.15) is 5.82 Å². The molecule has 0 aromatic carbocycles. The van der Waals surface area contributed by atoms with E-state index in [9.17, 15) is 0 Å². The molecule has 0 aliphatic heterocycles. The number of nitrogens with two attached hydrogens (primary N) is 1. The van der Waals surface area contributed by atoms with Crippen molar-refractivity contribution in [2.45, 2.75) is 19.5 Å². The fourth-order valence-corrected chi connectivity index (χ4v) is 1.47. The SMILES string of the molecule is CCn1ccnc1C(N)c1ccoc1. The van der Waals surface area contributed by atoms with E-state index in [1.54, 1.807) is 18.7 Å². The number of rotatable bonds is 3. The average Bonchev–Trinajstić information content (AvgIpc) is 2.87. The van der Waals surface area contributed by atoms with Crippen LogP contribution in [0.1, 0.15) is 24.4 Å². The monoisotopic (exact) mass is 191 g/mol. The number of aryl methyl sites for hydroxylation is 1. The highest BCUT2D eigenvalue weighted by molar-refractivity contribution is 5.19. The summed E-state index contributed by atoms with van der Waals surface area (Å²) in [7, 11) is 0. The molecule has 14 heavy (non-hydrogen) atoms. The highest BCUT2D eigenvalue weighted by Gasteiger charge is 2.14. The molecule has 4 nitrogen and oxygen atoms in total. The van der Waals surface area contributed by atoms with Gasteiger partial charge in [0.15, 0.2) is 0 Å². The molecule has 2 rings (SSSR count). The molecule has 0 bridgehead atoms. The fraction of sp³-hybridized carbons (Fsp3) is 0.300. The molecule has 2 aromatic heterocycles. The summed E-state index contributed by atoms with van der Waals surface area (Å²) in [4.78, 5) is 4.24. The van der Waals surface area contributed by atoms with Crippen molar-refractivity contribution >= 4 is 0 Å². The van der Waals surface area contributed by atoms with Crippen LogP contribution in [0.5, 0.6) is 0 Å². The molecule has 0 saturated heterocycles. The highest BCUT2D eigenvalue weighted by Crippen LogP contribution is 2.17. The minimum atomic E-state index is -0.205. The lowest BCUT2D eigenvalue weighted by molar-refractivity contribution is 0.559. The second-order valence-corrected chi connectivity index (χ2v) is 3.11. The van der Waals surface area contributed by atoms with Gasteiger partial charge in [-0.25, -0.2) is 4.98 Å². The summed E-state index contributed by atoms with van der Waals surface area (Å²) in [6, 6.07) is 1.66. The quantitative estimate of drug-likeness (QED) is 0.800. The molecule has 1 unspecified atom stereocenters. The van der Waals surface area contributed by atoms with Crippen LogP contribution in [-0.4, -0.2) is 9.55 Å². The van der Waals surface area contributed by atoms with E-state index in [1.165, 1.54) is 0 Å². The van der Waals surface area contributed by atoms with Gasteiger partial charge in [0, 0.05) is 24.5 Å². The van der Waals surface area contributed by atoms with Crippen LogP contribution in [0.25, 0.3) is 0 Å². The first-order chi connectivity index (χ1) is 6.83. The average molecular weight is 191 g/mol. The van der Waals surface area contributed by atoms with Gasteiger partial charge >= 0.3 is 0 Å². The van der Waals surface area contributed by atoms with Crippen LogP contribution in [0.15, 0.2) is 35.4 Å². The molecule has 2 aromatic rings. The molecule has 2 heterocycles. The van der Waals surface area contributed by atoms with Gasteiger partial charge in [-0.3, -0.25) is 0 Å². The highest BCUT2D eigenvalue weighted by atomic mass is 16.3. The summed E-state index contributed by atoms with van der Waals surface area (Å²) < 4.78 is 7.02. The Labute approximate surface area is 82.4 Å². The molecule has 0 aliphatic carbocycles. The second-order valence-electron chi connectivity index (χ2n) is 3.11. The first-order valence-corrected chi connectivity index (χ1v) is 4.61. The van der Waals surface area contributed by atoms with E-state index in [-0.39, 0.29) is 6.04 Å². The van der Waals surface area contributed by atoms with Crippen molar-refractivity contribution in [1.29, 1.82) is 0 Å². The van der Waals surface area contributed by atoms with Crippen molar-refractivity contribution in [2.24, 2.45) is 5.73 Å². The Kier molecular flexibility index (Phi) is 2.37. The van der Waals surface area contributed by atoms with Gasteiger partial charge in [-0.15, -0.1) is 0 Å². The Bertz CT molecular complexity index is 391. The molecule has 0 radical (unpaired) electrons. The summed E-state index contributed by atoms with van der Waals surface area (Å²) in [6.07, 6.45) is 6.96. The third-order valence-electron chi connectivity index (χ3n) is 2.27. The first kappa shape index (κ1) is 9.02. The van der Waals surface area contributed by atoms with Gasteiger partial charge in [-0.2, -0.15) is 0 Å². The Morgan fingerprint density at radius 3 is 3.14 bits per heavy atom. The lowest BCUT2D eigenvalue weighted by atomic mass is 10.1. The zero-order valence-corrected chi connectivity index (χ0v) is 8.05. The zero-order valence-electron chi connectivity index (χ0n) is 8.05. The van der Waals surface area contributed by atoms with Crippen molar-refractivity contribution in [3.05, 3.63) is 42.4 Å². The Morgan fingerprint density at radius 1 is 1.64 bits per heavy atom. The van der Waals surface area contributed by atoms with Crippen LogP contribution >= 0.6 is 0 Å². The van der Waals surface area contributed by atoms with Crippen molar-refractivity contribution < 1.29 is 4.42 Å². The predicted octanol–water partition coefficient (Wildman–Crippen LogP) is 1.54. The third kappa shape index (κ3) is 1.44. The molecule has 1 atom stereocenters. The van der Waals surface area contributed by atoms with E-state index in [0.717, 1.165) is 17.9 Å². The summed E-state index contributed by atoms with van der Waals surface area (Å²) in [6.45, 7) is 2.94. The standard InChI is InChI=1S/C10H13N3O/c1-2-13-5-4-12-10(13)9(11)8-3-6-14-7-8/h3-7,9H,2,11H2,1H3. The van der Waals surface area contributed by atoms with Crippen LogP contribution in [0, 0.1) is 0 Å². The number of aromatic nitrogens is 2. The van der Waals surface area contributed by atoms with E-state index in [0.29, 0.717) is 0 Å². The molecule has 0 spiro atoms. The summed E-state index contributed by atoms with van der Waals surface area (Å²) in [5, 5.41) is 0. The number of imidazole rings is 1. The van der Waals surface area contributed by atoms with Gasteiger partial charge in [0.25, 0.3) is 0 Å². The Balaban J connectivity index is 2.31. The van der Waals surface area contributed by atoms with Gasteiger partial charge in [0.2, 0.25) is 0 Å².